The molecule has 1 radical (unpaired) electrons. The zero-order valence-electron chi connectivity index (χ0n) is 11.3. The second-order valence-corrected chi connectivity index (χ2v) is 6.40. The molecular weight excluding hydrogens is 272 g/mol. The minimum absolute atomic E-state index is 0.0512. The van der Waals surface area contributed by atoms with Crippen LogP contribution in [0.25, 0.3) is 0 Å². The summed E-state index contributed by atoms with van der Waals surface area (Å²) in [4.78, 5) is 17.0. The number of hydrogen-bond donors (Lipinski definition) is 2. The van der Waals surface area contributed by atoms with E-state index in [0.717, 1.165) is 34.8 Å². The number of H-pyrrole nitrogens is 1. The zero-order valence-corrected chi connectivity index (χ0v) is 12.2. The molecule has 2 aromatic heterocycles. The lowest BCUT2D eigenvalue weighted by atomic mass is 10.0. The van der Waals surface area contributed by atoms with Crippen molar-refractivity contribution >= 4 is 23.1 Å². The van der Waals surface area contributed by atoms with Gasteiger partial charge in [0.2, 0.25) is 5.91 Å². The lowest BCUT2D eigenvalue weighted by molar-refractivity contribution is -0.115. The van der Waals surface area contributed by atoms with Crippen LogP contribution in [0.4, 0.5) is 5.82 Å². The van der Waals surface area contributed by atoms with Crippen molar-refractivity contribution in [3.05, 3.63) is 34.3 Å². The highest BCUT2D eigenvalue weighted by atomic mass is 32.1. The Morgan fingerprint density at radius 3 is 3.20 bits per heavy atom. The molecule has 1 amide bonds. The van der Waals surface area contributed by atoms with E-state index in [4.69, 9.17) is 0 Å². The third-order valence-electron chi connectivity index (χ3n) is 3.48. The maximum absolute atomic E-state index is 11.9. The Morgan fingerprint density at radius 1 is 1.60 bits per heavy atom. The van der Waals surface area contributed by atoms with E-state index in [2.05, 4.69) is 26.9 Å². The van der Waals surface area contributed by atoms with Crippen molar-refractivity contribution in [2.75, 3.05) is 5.32 Å². The number of carbonyl (C=O) groups excluding carboxylic acids is 1. The number of amides is 1. The van der Waals surface area contributed by atoms with Gasteiger partial charge in [-0.05, 0) is 32.6 Å². The molecule has 1 aliphatic carbocycles. The standard InChI is InChI=1S/C14H17N4OS/c1-9-15-8-11(20-9)6-14(19)16-13-7-12(17-18-13)10-4-2-3-5-10/h2,7-8,10H,3-6H2,1H3,(H2,16,17,18,19)/t10-/m0/s1. The van der Waals surface area contributed by atoms with Gasteiger partial charge in [0.05, 0.1) is 11.4 Å². The molecule has 5 nitrogen and oxygen atoms in total. The van der Waals surface area contributed by atoms with Crippen LogP contribution < -0.4 is 5.32 Å². The zero-order chi connectivity index (χ0) is 13.9. The van der Waals surface area contributed by atoms with E-state index in [1.807, 2.05) is 13.0 Å². The van der Waals surface area contributed by atoms with Crippen molar-refractivity contribution in [1.29, 1.82) is 0 Å². The van der Waals surface area contributed by atoms with E-state index in [1.54, 1.807) is 17.5 Å². The second-order valence-electron chi connectivity index (χ2n) is 5.08. The Bertz CT molecular complexity index is 598. The third-order valence-corrected chi connectivity index (χ3v) is 4.39. The number of nitrogens with zero attached hydrogens (tertiary/aromatic N) is 2. The minimum atomic E-state index is -0.0512. The van der Waals surface area contributed by atoms with Crippen LogP contribution in [-0.4, -0.2) is 21.1 Å². The van der Waals surface area contributed by atoms with E-state index < -0.39 is 0 Å². The molecule has 0 bridgehead atoms. The normalized spacial score (nSPS) is 15.7. The molecule has 1 saturated carbocycles. The largest absolute Gasteiger partial charge is 0.309 e. The average Bonchev–Trinajstić information content (AvgIpc) is 3.10. The second kappa shape index (κ2) is 5.75. The summed E-state index contributed by atoms with van der Waals surface area (Å²) < 4.78 is 0. The maximum Gasteiger partial charge on any atom is 0.230 e. The molecule has 0 unspecified atom stereocenters. The molecule has 0 aromatic carbocycles. The highest BCUT2D eigenvalue weighted by Crippen LogP contribution is 2.33. The van der Waals surface area contributed by atoms with Gasteiger partial charge in [0, 0.05) is 28.8 Å². The van der Waals surface area contributed by atoms with Crippen molar-refractivity contribution in [1.82, 2.24) is 15.2 Å². The molecule has 6 heteroatoms. The number of thiazole rings is 1. The molecule has 105 valence electrons. The lowest BCUT2D eigenvalue weighted by Gasteiger charge is -2.03. The molecule has 2 heterocycles. The molecule has 0 aliphatic heterocycles. The van der Waals surface area contributed by atoms with Crippen LogP contribution in [-0.2, 0) is 11.2 Å². The Kier molecular flexibility index (Phi) is 3.82. The fraction of sp³-hybridized carbons (Fsp3) is 0.429. The molecule has 0 spiro atoms. The summed E-state index contributed by atoms with van der Waals surface area (Å²) in [6.45, 7) is 1.94. The number of carbonyl (C=O) groups is 1. The fourth-order valence-corrected chi connectivity index (χ4v) is 3.27. The summed E-state index contributed by atoms with van der Waals surface area (Å²) in [5, 5.41) is 11.0. The summed E-state index contributed by atoms with van der Waals surface area (Å²) in [5.41, 5.74) is 1.11. The summed E-state index contributed by atoms with van der Waals surface area (Å²) in [7, 11) is 0. The van der Waals surface area contributed by atoms with Gasteiger partial charge in [-0.2, -0.15) is 5.10 Å². The molecule has 2 aromatic rings. The summed E-state index contributed by atoms with van der Waals surface area (Å²) in [6.07, 6.45) is 7.83. The predicted molar refractivity (Wildman–Crippen MR) is 78.7 cm³/mol. The van der Waals surface area contributed by atoms with Crippen LogP contribution in [0.3, 0.4) is 0 Å². The quantitative estimate of drug-likeness (QED) is 0.909. The van der Waals surface area contributed by atoms with Gasteiger partial charge in [0.25, 0.3) is 0 Å². The molecule has 0 saturated heterocycles. The van der Waals surface area contributed by atoms with Crippen molar-refractivity contribution < 1.29 is 4.79 Å². The van der Waals surface area contributed by atoms with Gasteiger partial charge < -0.3 is 5.32 Å². The van der Waals surface area contributed by atoms with E-state index in [9.17, 15) is 4.79 Å². The fourth-order valence-electron chi connectivity index (χ4n) is 2.48. The van der Waals surface area contributed by atoms with Crippen LogP contribution in [0, 0.1) is 13.3 Å². The van der Waals surface area contributed by atoms with Gasteiger partial charge >= 0.3 is 0 Å². The topological polar surface area (TPSA) is 70.7 Å². The number of rotatable bonds is 4. The van der Waals surface area contributed by atoms with Gasteiger partial charge in [0.1, 0.15) is 0 Å². The van der Waals surface area contributed by atoms with Gasteiger partial charge in [-0.3, -0.25) is 9.89 Å². The maximum atomic E-state index is 11.9. The SMILES string of the molecule is Cc1ncc(CC(=O)Nc2cc([C@H]3C[CH]CC3)[nH]n2)s1. The number of hydrogen-bond acceptors (Lipinski definition) is 4. The number of nitrogens with one attached hydrogen (secondary N) is 2. The molecule has 20 heavy (non-hydrogen) atoms. The monoisotopic (exact) mass is 289 g/mol. The highest BCUT2D eigenvalue weighted by molar-refractivity contribution is 7.11. The molecular formula is C14H17N4OS. The molecule has 1 fully saturated rings. The molecule has 1 atom stereocenters. The number of aromatic nitrogens is 3. The highest BCUT2D eigenvalue weighted by Gasteiger charge is 2.19. The van der Waals surface area contributed by atoms with Crippen LogP contribution in [0.1, 0.15) is 40.8 Å². The van der Waals surface area contributed by atoms with Crippen LogP contribution in [0.5, 0.6) is 0 Å². The van der Waals surface area contributed by atoms with Gasteiger partial charge in [0.15, 0.2) is 5.82 Å². The van der Waals surface area contributed by atoms with Crippen molar-refractivity contribution in [2.24, 2.45) is 0 Å². The number of aryl methyl sites for hydroxylation is 1. The van der Waals surface area contributed by atoms with Crippen molar-refractivity contribution in [3.8, 4) is 0 Å². The molecule has 2 N–H and O–H groups in total. The van der Waals surface area contributed by atoms with Crippen molar-refractivity contribution in [3.63, 3.8) is 0 Å². The predicted octanol–water partition coefficient (Wildman–Crippen LogP) is 2.83. The summed E-state index contributed by atoms with van der Waals surface area (Å²) in [5.74, 6) is 1.08. The summed E-state index contributed by atoms with van der Waals surface area (Å²) in [6, 6.07) is 1.94. The first-order valence-corrected chi connectivity index (χ1v) is 7.60. The first-order chi connectivity index (χ1) is 9.70. The Balaban J connectivity index is 1.58. The van der Waals surface area contributed by atoms with Crippen molar-refractivity contribution in [2.45, 2.75) is 38.5 Å². The van der Waals surface area contributed by atoms with Crippen LogP contribution >= 0.6 is 11.3 Å². The minimum Gasteiger partial charge on any atom is -0.309 e. The first-order valence-electron chi connectivity index (χ1n) is 6.79. The van der Waals surface area contributed by atoms with E-state index in [1.165, 1.54) is 0 Å². The first kappa shape index (κ1) is 13.3. The van der Waals surface area contributed by atoms with Crippen LogP contribution in [0.2, 0.25) is 0 Å². The number of anilines is 1. The molecule has 3 rings (SSSR count). The van der Waals surface area contributed by atoms with Gasteiger partial charge in [-0.25, -0.2) is 4.98 Å². The van der Waals surface area contributed by atoms with Gasteiger partial charge in [-0.15, -0.1) is 11.3 Å². The van der Waals surface area contributed by atoms with Gasteiger partial charge in [-0.1, -0.05) is 0 Å². The van der Waals surface area contributed by atoms with Crippen LogP contribution in [0.15, 0.2) is 12.3 Å². The molecule has 1 aliphatic rings. The van der Waals surface area contributed by atoms with E-state index in [-0.39, 0.29) is 5.91 Å². The summed E-state index contributed by atoms with van der Waals surface area (Å²) >= 11 is 1.55. The number of aromatic amines is 1. The third kappa shape index (κ3) is 3.07. The Morgan fingerprint density at radius 2 is 2.50 bits per heavy atom. The lowest BCUT2D eigenvalue weighted by Crippen LogP contribution is -2.13. The van der Waals surface area contributed by atoms with E-state index in [0.29, 0.717) is 18.2 Å². The Labute approximate surface area is 121 Å². The Hall–Kier alpha value is -1.69. The van der Waals surface area contributed by atoms with E-state index >= 15 is 0 Å². The smallest absolute Gasteiger partial charge is 0.230 e. The average molecular weight is 289 g/mol.